The molecule has 1 unspecified atom stereocenters. The fourth-order valence-corrected chi connectivity index (χ4v) is 3.24. The summed E-state index contributed by atoms with van der Waals surface area (Å²) in [6, 6.07) is -0.0169. The molecule has 0 aromatic heterocycles. The van der Waals surface area contributed by atoms with Gasteiger partial charge in [0.05, 0.1) is 11.8 Å². The van der Waals surface area contributed by atoms with Gasteiger partial charge in [-0.05, 0) is 34.5 Å². The van der Waals surface area contributed by atoms with Crippen LogP contribution < -0.4 is 16.0 Å². The average Bonchev–Trinajstić information content (AvgIpc) is 3.03. The number of likely N-dealkylation sites (N-methyl/N-ethyl adjacent to an activating group) is 2. The molecule has 11 nitrogen and oxygen atoms in total. The molecule has 0 aliphatic carbocycles. The Hall–Kier alpha value is -2.53. The first-order valence-electron chi connectivity index (χ1n) is 10.5. The van der Waals surface area contributed by atoms with E-state index >= 15 is 0 Å². The van der Waals surface area contributed by atoms with Crippen molar-refractivity contribution in [3.8, 4) is 0 Å². The van der Waals surface area contributed by atoms with E-state index in [0.29, 0.717) is 11.6 Å². The summed E-state index contributed by atoms with van der Waals surface area (Å²) < 4.78 is 0. The van der Waals surface area contributed by atoms with Crippen LogP contribution in [0.1, 0.15) is 46.5 Å². The van der Waals surface area contributed by atoms with Crippen molar-refractivity contribution in [2.45, 2.75) is 52.5 Å². The molecule has 0 aromatic rings. The minimum atomic E-state index is -0.783. The first kappa shape index (κ1) is 26.5. The molecule has 1 heterocycles. The van der Waals surface area contributed by atoms with E-state index in [4.69, 9.17) is 4.84 Å². The second-order valence-corrected chi connectivity index (χ2v) is 8.02. The minimum absolute atomic E-state index is 0.00113. The highest BCUT2D eigenvalue weighted by Crippen LogP contribution is 2.24. The van der Waals surface area contributed by atoms with Crippen LogP contribution in [0.15, 0.2) is 0 Å². The molecular weight excluding hydrogens is 414 g/mol. The van der Waals surface area contributed by atoms with E-state index in [-0.39, 0.29) is 56.6 Å². The Balaban J connectivity index is 2.34. The number of nitrogens with zero attached hydrogens (tertiary/aromatic N) is 2. The second-order valence-electron chi connectivity index (χ2n) is 8.02. The largest absolute Gasteiger partial charge is 0.355 e. The molecule has 1 fully saturated rings. The summed E-state index contributed by atoms with van der Waals surface area (Å²) in [6.07, 6.45) is -0.0802. The molecule has 4 amide bonds. The van der Waals surface area contributed by atoms with Crippen molar-refractivity contribution in [2.75, 3.05) is 40.3 Å². The Morgan fingerprint density at radius 1 is 1.10 bits per heavy atom. The monoisotopic (exact) mass is 449 g/mol. The lowest BCUT2D eigenvalue weighted by molar-refractivity contribution is -0.197. The first-order valence-corrected chi connectivity index (χ1v) is 10.5. The number of rotatable bonds is 13. The van der Waals surface area contributed by atoms with Gasteiger partial charge in [0, 0.05) is 44.9 Å². The van der Waals surface area contributed by atoms with Gasteiger partial charge in [-0.2, -0.15) is 0 Å². The normalized spacial score (nSPS) is 15.2. The van der Waals surface area contributed by atoms with E-state index in [2.05, 4.69) is 20.9 Å². The molecule has 0 aromatic carbocycles. The lowest BCUT2D eigenvalue weighted by Crippen LogP contribution is -2.55. The number of carbonyl (C=O) groups excluding carboxylic acids is 5. The molecule has 0 radical (unpaired) electrons. The number of nitrogens with one attached hydrogen (secondary N) is 3. The van der Waals surface area contributed by atoms with E-state index in [1.165, 1.54) is 0 Å². The molecule has 3 N–H and O–H groups in total. The van der Waals surface area contributed by atoms with Gasteiger partial charge in [-0.15, -0.1) is 5.06 Å². The number of hydrogen-bond acceptors (Lipinski definition) is 8. The standard InChI is InChI=1S/C20H35N5O6/c1-6-24(5)14(13-21-4)20(2,3)19(30)23-11-9-15(26)22-12-10-18(29)31-25-16(27)7-8-17(25)28/h14,21H,6-13H2,1-5H3,(H,22,26)(H,23,30)/i1+1,4+1,5+1,6+1,14+1,18+1,21+1,22+1. The van der Waals surface area contributed by atoms with Gasteiger partial charge in [-0.1, -0.05) is 6.92 Å². The molecule has 31 heavy (non-hydrogen) atoms. The molecule has 0 spiro atoms. The predicted molar refractivity (Wildman–Crippen MR) is 112 cm³/mol. The SMILES string of the molecule is CC(C)(C(=O)NCCC(=O)[15NH]CC[13C](=O)ON1C(=O)CCC1=O)[13CH](C[15NH][13CH3])N([13CH3])[13CH2][13CH3]. The molecule has 1 aliphatic rings. The maximum atomic E-state index is 12.7. The van der Waals surface area contributed by atoms with Gasteiger partial charge in [-0.3, -0.25) is 19.2 Å². The van der Waals surface area contributed by atoms with Gasteiger partial charge in [0.1, 0.15) is 0 Å². The highest BCUT2D eigenvalue weighted by molar-refractivity contribution is 6.01. The van der Waals surface area contributed by atoms with Gasteiger partial charge in [0.25, 0.3) is 11.8 Å². The van der Waals surface area contributed by atoms with Crippen LogP contribution in [0.3, 0.4) is 0 Å². The molecule has 176 valence electrons. The van der Waals surface area contributed by atoms with Gasteiger partial charge in [0.2, 0.25) is 11.8 Å². The summed E-state index contributed by atoms with van der Waals surface area (Å²) in [5, 5.41) is 8.93. The zero-order valence-electron chi connectivity index (χ0n) is 19.1. The van der Waals surface area contributed by atoms with Gasteiger partial charge in [-0.25, -0.2) is 4.79 Å². The highest BCUT2D eigenvalue weighted by atomic mass is 16.8. The number of carbonyl (C=O) groups is 5. The molecule has 0 bridgehead atoms. The fraction of sp³-hybridized carbons (Fsp3) is 0.750. The molecule has 1 saturated heterocycles. The topological polar surface area (TPSA) is 137 Å². The Morgan fingerprint density at radius 2 is 1.68 bits per heavy atom. The smallest absolute Gasteiger partial charge is 0.334 e. The van der Waals surface area contributed by atoms with E-state index < -0.39 is 23.2 Å². The van der Waals surface area contributed by atoms with Crippen molar-refractivity contribution in [1.29, 1.82) is 0 Å². The summed E-state index contributed by atoms with van der Waals surface area (Å²) in [4.78, 5) is 65.9. The van der Waals surface area contributed by atoms with Crippen LogP contribution in [0.25, 0.3) is 0 Å². The average molecular weight is 449 g/mol. The van der Waals surface area contributed by atoms with Crippen molar-refractivity contribution in [3.05, 3.63) is 0 Å². The maximum Gasteiger partial charge on any atom is 0.334 e. The van der Waals surface area contributed by atoms with Gasteiger partial charge in [0.15, 0.2) is 0 Å². The lowest BCUT2D eigenvalue weighted by Gasteiger charge is -2.38. The second kappa shape index (κ2) is 12.4. The molecule has 1 atom stereocenters. The zero-order valence-corrected chi connectivity index (χ0v) is 19.1. The fourth-order valence-electron chi connectivity index (χ4n) is 3.24. The van der Waals surface area contributed by atoms with E-state index in [1.807, 2.05) is 34.9 Å². The third-order valence-electron chi connectivity index (χ3n) is 5.33. The lowest BCUT2D eigenvalue weighted by atomic mass is 9.97. The third kappa shape index (κ3) is 7.91. The molecular formula is C20H35N5O6. The van der Waals surface area contributed by atoms with Gasteiger partial charge < -0.3 is 25.7 Å². The van der Waals surface area contributed by atoms with Crippen molar-refractivity contribution >= 4 is 29.6 Å². The molecule has 11 heteroatoms. The molecule has 1 aliphatic heterocycles. The summed E-state index contributed by atoms with van der Waals surface area (Å²) in [5.41, 5.74) is -0.668. The molecule has 1 rings (SSSR count). The highest BCUT2D eigenvalue weighted by Gasteiger charge is 2.38. The Bertz CT molecular complexity index is 665. The third-order valence-corrected chi connectivity index (χ3v) is 5.33. The van der Waals surface area contributed by atoms with Crippen molar-refractivity contribution in [1.82, 2.24) is 25.9 Å². The summed E-state index contributed by atoms with van der Waals surface area (Å²) in [5.74, 6) is -2.37. The van der Waals surface area contributed by atoms with E-state index in [1.54, 1.807) is 0 Å². The van der Waals surface area contributed by atoms with Gasteiger partial charge >= 0.3 is 5.97 Å². The summed E-state index contributed by atoms with van der Waals surface area (Å²) in [6.45, 7) is 7.38. The molecule has 0 saturated carbocycles. The minimum Gasteiger partial charge on any atom is -0.355 e. The number of hydrogen-bond donors (Lipinski definition) is 3. The Morgan fingerprint density at radius 3 is 2.23 bits per heavy atom. The quantitative estimate of drug-likeness (QED) is 0.188. The van der Waals surface area contributed by atoms with Crippen molar-refractivity contribution < 1.29 is 28.8 Å². The van der Waals surface area contributed by atoms with E-state index in [9.17, 15) is 24.0 Å². The van der Waals surface area contributed by atoms with Crippen LogP contribution in [-0.2, 0) is 28.8 Å². The van der Waals surface area contributed by atoms with Crippen molar-refractivity contribution in [2.24, 2.45) is 5.41 Å². The Kier molecular flexibility index (Phi) is 10.6. The zero-order chi connectivity index (χ0) is 23.6. The maximum absolute atomic E-state index is 12.7. The number of hydroxylamine groups is 2. The van der Waals surface area contributed by atoms with Crippen LogP contribution in [0.5, 0.6) is 0 Å². The summed E-state index contributed by atoms with van der Waals surface area (Å²) in [7, 11) is 3.80. The van der Waals surface area contributed by atoms with Crippen LogP contribution >= 0.6 is 0 Å². The number of amides is 4. The van der Waals surface area contributed by atoms with Crippen LogP contribution in [0.2, 0.25) is 0 Å². The van der Waals surface area contributed by atoms with E-state index in [0.717, 1.165) is 6.54 Å². The number of imide groups is 1. The van der Waals surface area contributed by atoms with Crippen LogP contribution in [-0.4, -0.2) is 85.9 Å². The first-order chi connectivity index (χ1) is 14.5. The van der Waals surface area contributed by atoms with Crippen molar-refractivity contribution in [3.63, 3.8) is 0 Å². The van der Waals surface area contributed by atoms with Crippen LogP contribution in [0, 0.1) is 5.41 Å². The predicted octanol–water partition coefficient (Wildman–Crippen LogP) is -0.828. The van der Waals surface area contributed by atoms with Crippen LogP contribution in [0.4, 0.5) is 0 Å². The summed E-state index contributed by atoms with van der Waals surface area (Å²) >= 11 is 0. The Labute approximate surface area is 183 Å².